The van der Waals surface area contributed by atoms with Crippen molar-refractivity contribution in [1.82, 2.24) is 9.62 Å². The fraction of sp³-hybridized carbons (Fsp3) is 0.533. The van der Waals surface area contributed by atoms with Gasteiger partial charge in [-0.3, -0.25) is 4.79 Å². The van der Waals surface area contributed by atoms with Crippen molar-refractivity contribution in [3.05, 3.63) is 29.8 Å². The van der Waals surface area contributed by atoms with Gasteiger partial charge in [0.1, 0.15) is 0 Å². The van der Waals surface area contributed by atoms with Crippen molar-refractivity contribution >= 4 is 15.9 Å². The molecule has 1 aromatic rings. The van der Waals surface area contributed by atoms with Gasteiger partial charge in [-0.2, -0.15) is 4.31 Å². The third-order valence-corrected chi connectivity index (χ3v) is 5.13. The van der Waals surface area contributed by atoms with Gasteiger partial charge in [0, 0.05) is 24.2 Å². The molecular weight excluding hydrogens is 304 g/mol. The number of hydrogen-bond donors (Lipinski definition) is 1. The lowest BCUT2D eigenvalue weighted by molar-refractivity contribution is 0.0730. The van der Waals surface area contributed by atoms with Crippen LogP contribution in [0.2, 0.25) is 0 Å². The van der Waals surface area contributed by atoms with Crippen LogP contribution < -0.4 is 5.32 Å². The molecule has 1 N–H and O–H groups in total. The number of hydrogen-bond acceptors (Lipinski definition) is 4. The van der Waals surface area contributed by atoms with Crippen LogP contribution in [0.3, 0.4) is 0 Å². The normalized spacial score (nSPS) is 17.2. The molecule has 0 aliphatic carbocycles. The number of sulfonamides is 1. The molecule has 1 amide bonds. The summed E-state index contributed by atoms with van der Waals surface area (Å²) in [5.41, 5.74) is 0.103. The molecule has 1 heterocycles. The molecule has 6 nitrogen and oxygen atoms in total. The molecule has 0 unspecified atom stereocenters. The quantitative estimate of drug-likeness (QED) is 0.906. The van der Waals surface area contributed by atoms with Crippen molar-refractivity contribution in [1.29, 1.82) is 0 Å². The SMILES string of the molecule is CC(C)(C)NC(=O)c1ccc(S(=O)(=O)N2CCOCC2)cc1. The lowest BCUT2D eigenvalue weighted by Gasteiger charge is -2.26. The topological polar surface area (TPSA) is 75.7 Å². The van der Waals surface area contributed by atoms with E-state index >= 15 is 0 Å². The van der Waals surface area contributed by atoms with E-state index in [0.29, 0.717) is 31.9 Å². The Labute approximate surface area is 131 Å². The molecule has 1 fully saturated rings. The number of ether oxygens (including phenoxy) is 1. The van der Waals surface area contributed by atoms with Crippen LogP contribution in [-0.2, 0) is 14.8 Å². The summed E-state index contributed by atoms with van der Waals surface area (Å²) in [6, 6.07) is 6.02. The third kappa shape index (κ3) is 4.06. The summed E-state index contributed by atoms with van der Waals surface area (Å²) in [6.45, 7) is 7.20. The molecule has 0 bridgehead atoms. The van der Waals surface area contributed by atoms with E-state index < -0.39 is 10.0 Å². The number of carbonyl (C=O) groups is 1. The predicted molar refractivity (Wildman–Crippen MR) is 83.2 cm³/mol. The van der Waals surface area contributed by atoms with Gasteiger partial charge in [0.2, 0.25) is 10.0 Å². The summed E-state index contributed by atoms with van der Waals surface area (Å²) in [7, 11) is -3.52. The average Bonchev–Trinajstić information content (AvgIpc) is 2.46. The highest BCUT2D eigenvalue weighted by Crippen LogP contribution is 2.18. The second-order valence-corrected chi connectivity index (χ2v) is 8.18. The van der Waals surface area contributed by atoms with E-state index in [0.717, 1.165) is 0 Å². The van der Waals surface area contributed by atoms with E-state index in [9.17, 15) is 13.2 Å². The van der Waals surface area contributed by atoms with Gasteiger partial charge in [0.15, 0.2) is 0 Å². The van der Waals surface area contributed by atoms with Crippen LogP contribution in [0.1, 0.15) is 31.1 Å². The second kappa shape index (κ2) is 6.36. The van der Waals surface area contributed by atoms with Crippen LogP contribution in [0.15, 0.2) is 29.2 Å². The standard InChI is InChI=1S/C15H22N2O4S/c1-15(2,3)16-14(18)12-4-6-13(7-5-12)22(19,20)17-8-10-21-11-9-17/h4-7H,8-11H2,1-3H3,(H,16,18). The van der Waals surface area contributed by atoms with Crippen molar-refractivity contribution in [2.45, 2.75) is 31.2 Å². The monoisotopic (exact) mass is 326 g/mol. The highest BCUT2D eigenvalue weighted by Gasteiger charge is 2.26. The van der Waals surface area contributed by atoms with E-state index in [1.807, 2.05) is 20.8 Å². The zero-order chi connectivity index (χ0) is 16.4. The molecule has 2 rings (SSSR count). The lowest BCUT2D eigenvalue weighted by Crippen LogP contribution is -2.41. The fourth-order valence-electron chi connectivity index (χ4n) is 2.13. The summed E-state index contributed by atoms with van der Waals surface area (Å²) in [4.78, 5) is 12.2. The van der Waals surface area contributed by atoms with Crippen LogP contribution in [0.4, 0.5) is 0 Å². The zero-order valence-electron chi connectivity index (χ0n) is 13.1. The van der Waals surface area contributed by atoms with Gasteiger partial charge in [-0.05, 0) is 45.0 Å². The highest BCUT2D eigenvalue weighted by molar-refractivity contribution is 7.89. The minimum atomic E-state index is -3.52. The van der Waals surface area contributed by atoms with Gasteiger partial charge < -0.3 is 10.1 Å². The van der Waals surface area contributed by atoms with Crippen molar-refractivity contribution in [2.75, 3.05) is 26.3 Å². The summed E-state index contributed by atoms with van der Waals surface area (Å²) < 4.78 is 31.5. The van der Waals surface area contributed by atoms with Crippen molar-refractivity contribution in [3.63, 3.8) is 0 Å². The molecule has 1 saturated heterocycles. The molecule has 0 atom stereocenters. The van der Waals surface area contributed by atoms with E-state index in [-0.39, 0.29) is 16.3 Å². The van der Waals surface area contributed by atoms with E-state index in [4.69, 9.17) is 4.74 Å². The Bertz CT molecular complexity index is 627. The van der Waals surface area contributed by atoms with Crippen LogP contribution in [0.5, 0.6) is 0 Å². The highest BCUT2D eigenvalue weighted by atomic mass is 32.2. The van der Waals surface area contributed by atoms with Gasteiger partial charge in [-0.15, -0.1) is 0 Å². The zero-order valence-corrected chi connectivity index (χ0v) is 13.9. The molecule has 0 aromatic heterocycles. The number of carbonyl (C=O) groups excluding carboxylic acids is 1. The Hall–Kier alpha value is -1.44. The number of nitrogens with one attached hydrogen (secondary N) is 1. The number of rotatable bonds is 3. The van der Waals surface area contributed by atoms with Gasteiger partial charge in [0.05, 0.1) is 18.1 Å². The first-order valence-electron chi connectivity index (χ1n) is 7.21. The van der Waals surface area contributed by atoms with Crippen LogP contribution in [0, 0.1) is 0 Å². The molecule has 122 valence electrons. The van der Waals surface area contributed by atoms with Gasteiger partial charge in [-0.25, -0.2) is 8.42 Å². The van der Waals surface area contributed by atoms with Gasteiger partial charge in [0.25, 0.3) is 5.91 Å². The van der Waals surface area contributed by atoms with Crippen molar-refractivity contribution in [3.8, 4) is 0 Å². The Kier molecular flexibility index (Phi) is 4.89. The summed E-state index contributed by atoms with van der Waals surface area (Å²) in [5.74, 6) is -0.220. The molecule has 7 heteroatoms. The molecule has 22 heavy (non-hydrogen) atoms. The van der Waals surface area contributed by atoms with Gasteiger partial charge >= 0.3 is 0 Å². The third-order valence-electron chi connectivity index (χ3n) is 3.21. The Morgan fingerprint density at radius 3 is 2.18 bits per heavy atom. The first-order chi connectivity index (χ1) is 10.2. The molecule has 1 aliphatic rings. The smallest absolute Gasteiger partial charge is 0.251 e. The number of morpholine rings is 1. The Morgan fingerprint density at radius 1 is 1.14 bits per heavy atom. The minimum Gasteiger partial charge on any atom is -0.379 e. The molecule has 0 spiro atoms. The molecular formula is C15H22N2O4S. The lowest BCUT2D eigenvalue weighted by atomic mass is 10.1. The second-order valence-electron chi connectivity index (χ2n) is 6.24. The molecule has 1 aromatic carbocycles. The van der Waals surface area contributed by atoms with Crippen LogP contribution in [0.25, 0.3) is 0 Å². The summed E-state index contributed by atoms with van der Waals surface area (Å²) >= 11 is 0. The molecule has 1 aliphatic heterocycles. The van der Waals surface area contributed by atoms with Crippen LogP contribution in [-0.4, -0.2) is 50.5 Å². The van der Waals surface area contributed by atoms with E-state index in [2.05, 4.69) is 5.32 Å². The van der Waals surface area contributed by atoms with Crippen molar-refractivity contribution < 1.29 is 17.9 Å². The van der Waals surface area contributed by atoms with Crippen molar-refractivity contribution in [2.24, 2.45) is 0 Å². The maximum Gasteiger partial charge on any atom is 0.251 e. The summed E-state index contributed by atoms with van der Waals surface area (Å²) in [5, 5.41) is 2.84. The first-order valence-corrected chi connectivity index (χ1v) is 8.65. The fourth-order valence-corrected chi connectivity index (χ4v) is 3.54. The number of nitrogens with zero attached hydrogens (tertiary/aromatic N) is 1. The first kappa shape index (κ1) is 16.9. The predicted octanol–water partition coefficient (Wildman–Crippen LogP) is 1.24. The number of amides is 1. The molecule has 0 radical (unpaired) electrons. The number of benzene rings is 1. The Balaban J connectivity index is 2.16. The summed E-state index contributed by atoms with van der Waals surface area (Å²) in [6.07, 6.45) is 0. The maximum atomic E-state index is 12.5. The Morgan fingerprint density at radius 2 is 1.68 bits per heavy atom. The van der Waals surface area contributed by atoms with Crippen LogP contribution >= 0.6 is 0 Å². The largest absolute Gasteiger partial charge is 0.379 e. The van der Waals surface area contributed by atoms with E-state index in [1.165, 1.54) is 28.6 Å². The van der Waals surface area contributed by atoms with E-state index in [1.54, 1.807) is 0 Å². The average molecular weight is 326 g/mol. The van der Waals surface area contributed by atoms with Gasteiger partial charge in [-0.1, -0.05) is 0 Å². The minimum absolute atomic E-state index is 0.196. The maximum absolute atomic E-state index is 12.5. The molecule has 0 saturated carbocycles.